The number of anilines is 1. The van der Waals surface area contributed by atoms with Crippen molar-refractivity contribution in [3.8, 4) is 0 Å². The molecule has 1 unspecified atom stereocenters. The number of amides is 1. The third kappa shape index (κ3) is 2.38. The fourth-order valence-corrected chi connectivity index (χ4v) is 3.00. The minimum atomic E-state index is -0.549. The van der Waals surface area contributed by atoms with Gasteiger partial charge in [-0.05, 0) is 44.5 Å². The van der Waals surface area contributed by atoms with Crippen LogP contribution in [0.4, 0.5) is 5.69 Å². The zero-order chi connectivity index (χ0) is 15.2. The number of rotatable bonds is 2. The van der Waals surface area contributed by atoms with Gasteiger partial charge in [-0.15, -0.1) is 0 Å². The molecule has 0 fully saturated rings. The molecule has 1 aromatic carbocycles. The van der Waals surface area contributed by atoms with E-state index < -0.39 is 5.66 Å². The standard InChI is InChI=1S/C16H19ClN2O2/c1-4-12-9-13-14(21-12)18-16(2,3)19(15(13)20)11-7-5-10(17)6-8-11/h5-8,12,18H,4,9H2,1-3H3. The van der Waals surface area contributed by atoms with Crippen LogP contribution in [0.15, 0.2) is 35.7 Å². The van der Waals surface area contributed by atoms with E-state index in [4.69, 9.17) is 16.3 Å². The quantitative estimate of drug-likeness (QED) is 0.910. The van der Waals surface area contributed by atoms with E-state index in [1.54, 1.807) is 17.0 Å². The number of carbonyl (C=O) groups excluding carboxylic acids is 1. The fourth-order valence-electron chi connectivity index (χ4n) is 2.87. The van der Waals surface area contributed by atoms with Crippen LogP contribution in [0.25, 0.3) is 0 Å². The zero-order valence-electron chi connectivity index (χ0n) is 12.4. The van der Waals surface area contributed by atoms with E-state index in [0.717, 1.165) is 17.7 Å². The van der Waals surface area contributed by atoms with E-state index >= 15 is 0 Å². The molecule has 0 aromatic heterocycles. The molecule has 0 saturated heterocycles. The lowest BCUT2D eigenvalue weighted by molar-refractivity contribution is -0.117. The van der Waals surface area contributed by atoms with E-state index in [0.29, 0.717) is 17.3 Å². The molecular formula is C16H19ClN2O2. The third-order valence-electron chi connectivity index (χ3n) is 3.97. The molecule has 1 atom stereocenters. The van der Waals surface area contributed by atoms with E-state index in [2.05, 4.69) is 12.2 Å². The molecule has 2 heterocycles. The average molecular weight is 307 g/mol. The number of ether oxygens (including phenoxy) is 1. The van der Waals surface area contributed by atoms with Crippen molar-refractivity contribution in [2.45, 2.75) is 45.4 Å². The lowest BCUT2D eigenvalue weighted by atomic mass is 10.0. The molecule has 2 aliphatic heterocycles. The normalized spacial score (nSPS) is 23.7. The van der Waals surface area contributed by atoms with Gasteiger partial charge in [0.15, 0.2) is 5.88 Å². The Balaban J connectivity index is 1.98. The summed E-state index contributed by atoms with van der Waals surface area (Å²) in [6.07, 6.45) is 1.65. The molecule has 1 N–H and O–H groups in total. The van der Waals surface area contributed by atoms with Crippen LogP contribution in [-0.4, -0.2) is 17.7 Å². The van der Waals surface area contributed by atoms with Crippen molar-refractivity contribution in [1.82, 2.24) is 5.32 Å². The van der Waals surface area contributed by atoms with Crippen LogP contribution in [-0.2, 0) is 9.53 Å². The highest BCUT2D eigenvalue weighted by molar-refractivity contribution is 6.30. The lowest BCUT2D eigenvalue weighted by Gasteiger charge is -2.43. The maximum atomic E-state index is 12.9. The van der Waals surface area contributed by atoms with Gasteiger partial charge >= 0.3 is 0 Å². The van der Waals surface area contributed by atoms with E-state index in [1.165, 1.54) is 0 Å². The van der Waals surface area contributed by atoms with Crippen LogP contribution in [0, 0.1) is 0 Å². The molecule has 21 heavy (non-hydrogen) atoms. The summed E-state index contributed by atoms with van der Waals surface area (Å²) in [6.45, 7) is 5.99. The van der Waals surface area contributed by atoms with Crippen LogP contribution in [0.2, 0.25) is 5.02 Å². The second kappa shape index (κ2) is 4.95. The Bertz CT molecular complexity index is 607. The van der Waals surface area contributed by atoms with Crippen molar-refractivity contribution in [3.05, 3.63) is 40.7 Å². The Kier molecular flexibility index (Phi) is 3.36. The predicted molar refractivity (Wildman–Crippen MR) is 83.0 cm³/mol. The zero-order valence-corrected chi connectivity index (χ0v) is 13.2. The van der Waals surface area contributed by atoms with E-state index in [9.17, 15) is 4.79 Å². The first-order chi connectivity index (χ1) is 9.92. The molecule has 1 aromatic rings. The topological polar surface area (TPSA) is 41.6 Å². The number of halogens is 1. The van der Waals surface area contributed by atoms with Gasteiger partial charge in [-0.25, -0.2) is 0 Å². The van der Waals surface area contributed by atoms with Crippen LogP contribution in [0.1, 0.15) is 33.6 Å². The van der Waals surface area contributed by atoms with Crippen molar-refractivity contribution in [1.29, 1.82) is 0 Å². The van der Waals surface area contributed by atoms with Crippen LogP contribution >= 0.6 is 11.6 Å². The number of benzene rings is 1. The number of hydrogen-bond donors (Lipinski definition) is 1. The summed E-state index contributed by atoms with van der Waals surface area (Å²) in [7, 11) is 0. The van der Waals surface area contributed by atoms with E-state index in [1.807, 2.05) is 26.0 Å². The smallest absolute Gasteiger partial charge is 0.261 e. The highest BCUT2D eigenvalue weighted by Gasteiger charge is 2.44. The summed E-state index contributed by atoms with van der Waals surface area (Å²) in [5, 5.41) is 4.00. The van der Waals surface area contributed by atoms with Crippen LogP contribution < -0.4 is 10.2 Å². The first-order valence-electron chi connectivity index (χ1n) is 7.20. The Morgan fingerprint density at radius 3 is 2.67 bits per heavy atom. The summed E-state index contributed by atoms with van der Waals surface area (Å²) in [4.78, 5) is 14.7. The third-order valence-corrected chi connectivity index (χ3v) is 4.22. The maximum absolute atomic E-state index is 12.9. The lowest BCUT2D eigenvalue weighted by Crippen LogP contribution is -2.60. The van der Waals surface area contributed by atoms with Crippen LogP contribution in [0.5, 0.6) is 0 Å². The van der Waals surface area contributed by atoms with Crippen LogP contribution in [0.3, 0.4) is 0 Å². The average Bonchev–Trinajstić information content (AvgIpc) is 2.83. The number of nitrogens with zero attached hydrogens (tertiary/aromatic N) is 1. The summed E-state index contributed by atoms with van der Waals surface area (Å²) in [6, 6.07) is 7.32. The summed E-state index contributed by atoms with van der Waals surface area (Å²) < 4.78 is 5.82. The molecule has 5 heteroatoms. The minimum absolute atomic E-state index is 0.00650. The number of carbonyl (C=O) groups is 1. The predicted octanol–water partition coefficient (Wildman–Crippen LogP) is 3.42. The van der Waals surface area contributed by atoms with E-state index in [-0.39, 0.29) is 12.0 Å². The molecule has 0 spiro atoms. The molecule has 2 aliphatic rings. The fraction of sp³-hybridized carbons (Fsp3) is 0.438. The minimum Gasteiger partial charge on any atom is -0.475 e. The first-order valence-corrected chi connectivity index (χ1v) is 7.58. The highest BCUT2D eigenvalue weighted by Crippen LogP contribution is 2.36. The van der Waals surface area contributed by atoms with Crippen molar-refractivity contribution < 1.29 is 9.53 Å². The molecule has 1 amide bonds. The summed E-state index contributed by atoms with van der Waals surface area (Å²) in [5.41, 5.74) is 1.01. The number of nitrogens with one attached hydrogen (secondary N) is 1. The Morgan fingerprint density at radius 2 is 2.05 bits per heavy atom. The molecule has 112 valence electrons. The highest BCUT2D eigenvalue weighted by atomic mass is 35.5. The Labute approximate surface area is 129 Å². The van der Waals surface area contributed by atoms with Gasteiger partial charge in [0.1, 0.15) is 11.8 Å². The maximum Gasteiger partial charge on any atom is 0.261 e. The monoisotopic (exact) mass is 306 g/mol. The molecular weight excluding hydrogens is 288 g/mol. The molecule has 0 bridgehead atoms. The molecule has 0 radical (unpaired) electrons. The van der Waals surface area contributed by atoms with Gasteiger partial charge in [-0.1, -0.05) is 18.5 Å². The van der Waals surface area contributed by atoms with Gasteiger partial charge in [0.25, 0.3) is 5.91 Å². The van der Waals surface area contributed by atoms with Crippen molar-refractivity contribution in [3.63, 3.8) is 0 Å². The van der Waals surface area contributed by atoms with Gasteiger partial charge < -0.3 is 10.1 Å². The SMILES string of the molecule is CCC1CC2=C(NC(C)(C)N(c3ccc(Cl)cc3)C2=O)O1. The number of hydrogen-bond acceptors (Lipinski definition) is 3. The Hall–Kier alpha value is -1.68. The largest absolute Gasteiger partial charge is 0.475 e. The van der Waals surface area contributed by atoms with Gasteiger partial charge in [0, 0.05) is 17.1 Å². The molecule has 0 saturated carbocycles. The first kappa shape index (κ1) is 14.3. The van der Waals surface area contributed by atoms with Crippen molar-refractivity contribution >= 4 is 23.2 Å². The second-order valence-electron chi connectivity index (χ2n) is 5.96. The van der Waals surface area contributed by atoms with Gasteiger partial charge in [0.05, 0.1) is 5.57 Å². The summed E-state index contributed by atoms with van der Waals surface area (Å²) in [5.74, 6) is 0.647. The van der Waals surface area contributed by atoms with Crippen molar-refractivity contribution in [2.75, 3.05) is 4.90 Å². The molecule has 3 rings (SSSR count). The second-order valence-corrected chi connectivity index (χ2v) is 6.40. The van der Waals surface area contributed by atoms with Gasteiger partial charge in [-0.2, -0.15) is 0 Å². The van der Waals surface area contributed by atoms with Gasteiger partial charge in [-0.3, -0.25) is 9.69 Å². The van der Waals surface area contributed by atoms with Crippen molar-refractivity contribution in [2.24, 2.45) is 0 Å². The molecule has 4 nitrogen and oxygen atoms in total. The van der Waals surface area contributed by atoms with Gasteiger partial charge in [0.2, 0.25) is 0 Å². The summed E-state index contributed by atoms with van der Waals surface area (Å²) >= 11 is 5.94. The molecule has 0 aliphatic carbocycles. The Morgan fingerprint density at radius 1 is 1.38 bits per heavy atom.